The largest absolute Gasteiger partial charge is 0.239 e. The Labute approximate surface area is 128 Å². The minimum atomic E-state index is 0.591. The summed E-state index contributed by atoms with van der Waals surface area (Å²) < 4.78 is 1.74. The highest BCUT2D eigenvalue weighted by Gasteiger charge is 2.10. The molecule has 0 saturated heterocycles. The predicted molar refractivity (Wildman–Crippen MR) is 82.5 cm³/mol. The zero-order valence-electron chi connectivity index (χ0n) is 11.2. The predicted octanol–water partition coefficient (Wildman–Crippen LogP) is 3.99. The van der Waals surface area contributed by atoms with E-state index in [0.717, 1.165) is 16.9 Å². The van der Waals surface area contributed by atoms with Crippen molar-refractivity contribution in [1.29, 1.82) is 5.26 Å². The molecule has 102 valence electrons. The average molecular weight is 294 g/mol. The van der Waals surface area contributed by atoms with E-state index in [1.807, 2.05) is 54.6 Å². The van der Waals surface area contributed by atoms with Crippen LogP contribution in [0.2, 0.25) is 5.02 Å². The van der Waals surface area contributed by atoms with Crippen molar-refractivity contribution in [2.45, 2.75) is 6.42 Å². The van der Waals surface area contributed by atoms with Gasteiger partial charge in [0.1, 0.15) is 6.07 Å². The smallest absolute Gasteiger partial charge is 0.103 e. The van der Waals surface area contributed by atoms with Crippen LogP contribution >= 0.6 is 11.6 Å². The molecule has 0 spiro atoms. The van der Waals surface area contributed by atoms with E-state index in [0.29, 0.717) is 17.0 Å². The van der Waals surface area contributed by atoms with Crippen molar-refractivity contribution >= 4 is 11.6 Å². The van der Waals surface area contributed by atoms with Gasteiger partial charge < -0.3 is 0 Å². The van der Waals surface area contributed by atoms with Crippen LogP contribution in [0.25, 0.3) is 5.69 Å². The van der Waals surface area contributed by atoms with E-state index in [4.69, 9.17) is 11.6 Å². The maximum absolute atomic E-state index is 9.28. The first kappa shape index (κ1) is 13.4. The zero-order chi connectivity index (χ0) is 14.7. The normalized spacial score (nSPS) is 10.3. The van der Waals surface area contributed by atoms with Crippen molar-refractivity contribution in [2.24, 2.45) is 0 Å². The molecular weight excluding hydrogens is 282 g/mol. The number of benzene rings is 2. The molecule has 0 fully saturated rings. The van der Waals surface area contributed by atoms with Gasteiger partial charge in [-0.2, -0.15) is 10.4 Å². The van der Waals surface area contributed by atoms with Crippen molar-refractivity contribution in [2.75, 3.05) is 0 Å². The summed E-state index contributed by atoms with van der Waals surface area (Å²) in [6.45, 7) is 0. The van der Waals surface area contributed by atoms with Gasteiger partial charge in [0, 0.05) is 17.6 Å². The van der Waals surface area contributed by atoms with Crippen LogP contribution in [0.5, 0.6) is 0 Å². The molecule has 0 saturated carbocycles. The maximum Gasteiger partial charge on any atom is 0.103 e. The van der Waals surface area contributed by atoms with Crippen molar-refractivity contribution in [1.82, 2.24) is 9.78 Å². The molecule has 0 aliphatic heterocycles. The van der Waals surface area contributed by atoms with Gasteiger partial charge in [0.15, 0.2) is 0 Å². The highest BCUT2D eigenvalue weighted by atomic mass is 35.5. The lowest BCUT2D eigenvalue weighted by atomic mass is 10.1. The van der Waals surface area contributed by atoms with Gasteiger partial charge in [0.25, 0.3) is 0 Å². The standard InChI is InChI=1S/C17H12ClN3/c18-15-8-6-13(7-9-15)10-17-14(11-19)12-21(20-17)16-4-2-1-3-5-16/h1-9,12H,10H2. The first-order valence-corrected chi connectivity index (χ1v) is 6.92. The Balaban J connectivity index is 1.94. The number of hydrogen-bond donors (Lipinski definition) is 0. The molecule has 1 heterocycles. The molecule has 21 heavy (non-hydrogen) atoms. The van der Waals surface area contributed by atoms with E-state index in [9.17, 15) is 5.26 Å². The summed E-state index contributed by atoms with van der Waals surface area (Å²) in [6.07, 6.45) is 2.38. The Kier molecular flexibility index (Phi) is 3.72. The van der Waals surface area contributed by atoms with Gasteiger partial charge in [0.2, 0.25) is 0 Å². The van der Waals surface area contributed by atoms with Crippen LogP contribution in [-0.2, 0) is 6.42 Å². The maximum atomic E-state index is 9.28. The number of aromatic nitrogens is 2. The van der Waals surface area contributed by atoms with Gasteiger partial charge in [-0.1, -0.05) is 41.9 Å². The Bertz CT molecular complexity index is 783. The molecule has 0 aliphatic carbocycles. The molecule has 3 nitrogen and oxygen atoms in total. The number of rotatable bonds is 3. The van der Waals surface area contributed by atoms with E-state index in [1.54, 1.807) is 10.9 Å². The van der Waals surface area contributed by atoms with E-state index in [1.165, 1.54) is 0 Å². The summed E-state index contributed by atoms with van der Waals surface area (Å²) in [4.78, 5) is 0. The quantitative estimate of drug-likeness (QED) is 0.733. The Morgan fingerprint density at radius 2 is 1.76 bits per heavy atom. The molecule has 0 unspecified atom stereocenters. The molecule has 0 radical (unpaired) electrons. The molecule has 0 atom stereocenters. The van der Waals surface area contributed by atoms with Crippen LogP contribution in [0, 0.1) is 11.3 Å². The van der Waals surface area contributed by atoms with Gasteiger partial charge >= 0.3 is 0 Å². The summed E-state index contributed by atoms with van der Waals surface area (Å²) in [7, 11) is 0. The molecule has 0 amide bonds. The minimum Gasteiger partial charge on any atom is -0.239 e. The number of nitriles is 1. The molecule has 0 bridgehead atoms. The third-order valence-corrected chi connectivity index (χ3v) is 3.47. The topological polar surface area (TPSA) is 41.6 Å². The molecular formula is C17H12ClN3. The molecule has 3 rings (SSSR count). The number of para-hydroxylation sites is 1. The van der Waals surface area contributed by atoms with Crippen LogP contribution < -0.4 is 0 Å². The van der Waals surface area contributed by atoms with E-state index >= 15 is 0 Å². The fraction of sp³-hybridized carbons (Fsp3) is 0.0588. The lowest BCUT2D eigenvalue weighted by Gasteiger charge is -2.01. The van der Waals surface area contributed by atoms with Crippen LogP contribution in [0.4, 0.5) is 0 Å². The fourth-order valence-electron chi connectivity index (χ4n) is 2.14. The molecule has 3 aromatic rings. The third kappa shape index (κ3) is 2.96. The summed E-state index contributed by atoms with van der Waals surface area (Å²) in [5, 5.41) is 14.5. The average Bonchev–Trinajstić information content (AvgIpc) is 2.93. The highest BCUT2D eigenvalue weighted by molar-refractivity contribution is 6.30. The summed E-state index contributed by atoms with van der Waals surface area (Å²) >= 11 is 5.89. The molecule has 1 aromatic heterocycles. The molecule has 0 N–H and O–H groups in total. The summed E-state index contributed by atoms with van der Waals surface area (Å²) in [6, 6.07) is 19.6. The highest BCUT2D eigenvalue weighted by Crippen LogP contribution is 2.17. The van der Waals surface area contributed by atoms with Gasteiger partial charge in [-0.05, 0) is 29.8 Å². The Morgan fingerprint density at radius 1 is 1.05 bits per heavy atom. The van der Waals surface area contributed by atoms with Crippen LogP contribution in [0.3, 0.4) is 0 Å². The first-order chi connectivity index (χ1) is 10.3. The monoisotopic (exact) mass is 293 g/mol. The van der Waals surface area contributed by atoms with E-state index in [-0.39, 0.29) is 0 Å². The second-order valence-corrected chi connectivity index (χ2v) is 5.12. The SMILES string of the molecule is N#Cc1cn(-c2ccccc2)nc1Cc1ccc(Cl)cc1. The van der Waals surface area contributed by atoms with Gasteiger partial charge in [-0.25, -0.2) is 4.68 Å². The van der Waals surface area contributed by atoms with Crippen molar-refractivity contribution in [3.8, 4) is 11.8 Å². The van der Waals surface area contributed by atoms with Crippen molar-refractivity contribution < 1.29 is 0 Å². The van der Waals surface area contributed by atoms with E-state index < -0.39 is 0 Å². The van der Waals surface area contributed by atoms with Crippen LogP contribution in [0.15, 0.2) is 60.8 Å². The van der Waals surface area contributed by atoms with Crippen molar-refractivity contribution in [3.05, 3.63) is 82.6 Å². The van der Waals surface area contributed by atoms with Gasteiger partial charge in [-0.15, -0.1) is 0 Å². The van der Waals surface area contributed by atoms with Crippen molar-refractivity contribution in [3.63, 3.8) is 0 Å². The van der Waals surface area contributed by atoms with E-state index in [2.05, 4.69) is 11.2 Å². The molecule has 4 heteroatoms. The van der Waals surface area contributed by atoms with Gasteiger partial charge in [-0.3, -0.25) is 0 Å². The Hall–Kier alpha value is -2.57. The minimum absolute atomic E-state index is 0.591. The Morgan fingerprint density at radius 3 is 2.43 bits per heavy atom. The third-order valence-electron chi connectivity index (χ3n) is 3.22. The number of halogens is 1. The first-order valence-electron chi connectivity index (χ1n) is 6.55. The number of hydrogen-bond acceptors (Lipinski definition) is 2. The summed E-state index contributed by atoms with van der Waals surface area (Å²) in [5.74, 6) is 0. The second kappa shape index (κ2) is 5.82. The lowest BCUT2D eigenvalue weighted by molar-refractivity contribution is 0.848. The lowest BCUT2D eigenvalue weighted by Crippen LogP contribution is -1.96. The van der Waals surface area contributed by atoms with Gasteiger partial charge in [0.05, 0.1) is 16.9 Å². The van der Waals surface area contributed by atoms with Crippen LogP contribution in [-0.4, -0.2) is 9.78 Å². The number of nitrogens with zero attached hydrogens (tertiary/aromatic N) is 3. The van der Waals surface area contributed by atoms with Crippen LogP contribution in [0.1, 0.15) is 16.8 Å². The second-order valence-electron chi connectivity index (χ2n) is 4.68. The molecule has 2 aromatic carbocycles. The molecule has 0 aliphatic rings. The fourth-order valence-corrected chi connectivity index (χ4v) is 2.27. The zero-order valence-corrected chi connectivity index (χ0v) is 12.0. The summed E-state index contributed by atoms with van der Waals surface area (Å²) in [5.41, 5.74) is 3.38.